The zero-order valence-corrected chi connectivity index (χ0v) is 14.2. The number of aryl methyl sites for hydroxylation is 1. The third-order valence-corrected chi connectivity index (χ3v) is 4.98. The van der Waals surface area contributed by atoms with E-state index >= 15 is 0 Å². The number of halogens is 1. The minimum atomic E-state index is 0.482. The molecule has 0 aromatic heterocycles. The number of hydrogen-bond donors (Lipinski definition) is 0. The van der Waals surface area contributed by atoms with Crippen LogP contribution in [-0.4, -0.2) is 0 Å². The van der Waals surface area contributed by atoms with E-state index < -0.39 is 0 Å². The quantitative estimate of drug-likeness (QED) is 0.380. The molecule has 0 aliphatic heterocycles. The van der Waals surface area contributed by atoms with Gasteiger partial charge in [-0.05, 0) is 35.2 Å². The molecule has 2 aromatic carbocycles. The Bertz CT molecular complexity index is 544. The fourth-order valence-corrected chi connectivity index (χ4v) is 3.82. The smallest absolute Gasteiger partial charge is 0.0404 e. The molecule has 1 atom stereocenters. The Morgan fingerprint density at radius 3 is 2.50 bits per heavy atom. The summed E-state index contributed by atoms with van der Waals surface area (Å²) in [6.07, 6.45) is 7.99. The second kappa shape index (κ2) is 7.83. The van der Waals surface area contributed by atoms with Gasteiger partial charge in [0.2, 0.25) is 0 Å². The summed E-state index contributed by atoms with van der Waals surface area (Å²) in [6, 6.07) is 13.2. The first kappa shape index (κ1) is 15.6. The zero-order valence-electron chi connectivity index (χ0n) is 12.7. The van der Waals surface area contributed by atoms with Crippen molar-refractivity contribution in [1.82, 2.24) is 0 Å². The summed E-state index contributed by atoms with van der Waals surface area (Å²) in [5.74, 6) is 0. The van der Waals surface area contributed by atoms with Crippen LogP contribution in [0.4, 0.5) is 0 Å². The zero-order chi connectivity index (χ0) is 14.4. The topological polar surface area (TPSA) is 0 Å². The highest BCUT2D eigenvalue weighted by Gasteiger charge is 2.13. The number of alkyl halides is 1. The van der Waals surface area contributed by atoms with E-state index in [2.05, 4.69) is 66.2 Å². The fourth-order valence-electron chi connectivity index (χ4n) is 2.89. The van der Waals surface area contributed by atoms with Crippen LogP contribution in [0.2, 0.25) is 0 Å². The molecule has 1 heteroatoms. The second-order valence-corrected chi connectivity index (χ2v) is 6.79. The molecule has 0 radical (unpaired) electrons. The van der Waals surface area contributed by atoms with Crippen LogP contribution in [0.15, 0.2) is 36.4 Å². The maximum atomic E-state index is 3.93. The predicted octanol–water partition coefficient (Wildman–Crippen LogP) is 6.94. The lowest BCUT2D eigenvalue weighted by atomic mass is 9.95. The van der Waals surface area contributed by atoms with Gasteiger partial charge in [0, 0.05) is 4.83 Å². The molecule has 0 aliphatic rings. The Morgan fingerprint density at radius 1 is 0.950 bits per heavy atom. The van der Waals surface area contributed by atoms with Crippen molar-refractivity contribution >= 4 is 26.7 Å². The van der Waals surface area contributed by atoms with Crippen molar-refractivity contribution < 1.29 is 0 Å². The maximum absolute atomic E-state index is 3.93. The Kier molecular flexibility index (Phi) is 6.09. The lowest BCUT2D eigenvalue weighted by Gasteiger charge is -2.16. The summed E-state index contributed by atoms with van der Waals surface area (Å²) in [7, 11) is 0. The van der Waals surface area contributed by atoms with Crippen LogP contribution in [0.25, 0.3) is 10.8 Å². The summed E-state index contributed by atoms with van der Waals surface area (Å²) in [4.78, 5) is 0.482. The molecule has 0 saturated carbocycles. The molecule has 0 bridgehead atoms. The molecule has 2 aromatic rings. The molecule has 0 spiro atoms. The van der Waals surface area contributed by atoms with Gasteiger partial charge in [0.25, 0.3) is 0 Å². The number of unbranched alkanes of at least 4 members (excludes halogenated alkanes) is 4. The highest BCUT2D eigenvalue weighted by Crippen LogP contribution is 2.36. The van der Waals surface area contributed by atoms with Crippen molar-refractivity contribution in [3.05, 3.63) is 47.5 Å². The highest BCUT2D eigenvalue weighted by atomic mass is 79.9. The summed E-state index contributed by atoms with van der Waals surface area (Å²) in [6.45, 7) is 4.50. The summed E-state index contributed by atoms with van der Waals surface area (Å²) < 4.78 is 0. The molecule has 2 rings (SSSR count). The maximum Gasteiger partial charge on any atom is 0.0404 e. The predicted molar refractivity (Wildman–Crippen MR) is 93.7 cm³/mol. The van der Waals surface area contributed by atoms with E-state index in [1.165, 1.54) is 60.4 Å². The summed E-state index contributed by atoms with van der Waals surface area (Å²) in [5.41, 5.74) is 2.89. The van der Waals surface area contributed by atoms with E-state index in [0.29, 0.717) is 4.83 Å². The van der Waals surface area contributed by atoms with Crippen molar-refractivity contribution in [2.45, 2.75) is 57.2 Å². The van der Waals surface area contributed by atoms with Crippen LogP contribution < -0.4 is 0 Å². The van der Waals surface area contributed by atoms with Gasteiger partial charge in [-0.3, -0.25) is 0 Å². The largest absolute Gasteiger partial charge is 0.0838 e. The number of hydrogen-bond acceptors (Lipinski definition) is 0. The Labute approximate surface area is 131 Å². The lowest BCUT2D eigenvalue weighted by Crippen LogP contribution is -1.96. The molecule has 0 nitrogen and oxygen atoms in total. The third-order valence-electron chi connectivity index (χ3n) is 4.06. The van der Waals surface area contributed by atoms with Crippen molar-refractivity contribution in [3.63, 3.8) is 0 Å². The van der Waals surface area contributed by atoms with E-state index in [1.54, 1.807) is 0 Å². The van der Waals surface area contributed by atoms with Crippen LogP contribution in [0.1, 0.15) is 61.4 Å². The first-order valence-corrected chi connectivity index (χ1v) is 8.78. The normalized spacial score (nSPS) is 12.8. The Hall–Kier alpha value is -0.820. The van der Waals surface area contributed by atoms with Crippen LogP contribution in [0.5, 0.6) is 0 Å². The number of fused-ring (bicyclic) bond motifs is 1. The average Bonchev–Trinajstić information content (AvgIpc) is 2.46. The fraction of sp³-hybridized carbons (Fsp3) is 0.474. The van der Waals surface area contributed by atoms with Gasteiger partial charge in [-0.15, -0.1) is 0 Å². The molecule has 0 aliphatic carbocycles. The molecular formula is C19H25Br. The first-order valence-electron chi connectivity index (χ1n) is 7.86. The molecule has 1 unspecified atom stereocenters. The van der Waals surface area contributed by atoms with Crippen molar-refractivity contribution in [1.29, 1.82) is 0 Å². The molecule has 108 valence electrons. The minimum Gasteiger partial charge on any atom is -0.0838 e. The Morgan fingerprint density at radius 2 is 1.70 bits per heavy atom. The third kappa shape index (κ3) is 3.85. The molecular weight excluding hydrogens is 308 g/mol. The molecule has 0 amide bonds. The van der Waals surface area contributed by atoms with Gasteiger partial charge in [-0.2, -0.15) is 0 Å². The molecule has 0 fully saturated rings. The molecule has 0 heterocycles. The van der Waals surface area contributed by atoms with Gasteiger partial charge >= 0.3 is 0 Å². The SMILES string of the molecule is CCCCCCCC(Br)c1c(C)ccc2ccccc12. The van der Waals surface area contributed by atoms with Gasteiger partial charge in [-0.25, -0.2) is 0 Å². The van der Waals surface area contributed by atoms with Gasteiger partial charge < -0.3 is 0 Å². The molecule has 20 heavy (non-hydrogen) atoms. The van der Waals surface area contributed by atoms with Gasteiger partial charge in [0.1, 0.15) is 0 Å². The van der Waals surface area contributed by atoms with Gasteiger partial charge in [-0.1, -0.05) is 91.4 Å². The summed E-state index contributed by atoms with van der Waals surface area (Å²) >= 11 is 3.93. The standard InChI is InChI=1S/C19H25Br/c1-3-4-5-6-7-12-18(20)19-15(2)13-14-16-10-8-9-11-17(16)19/h8-11,13-14,18H,3-7,12H2,1-2H3. The highest BCUT2D eigenvalue weighted by molar-refractivity contribution is 9.09. The number of rotatable bonds is 7. The first-order chi connectivity index (χ1) is 9.74. The Balaban J connectivity index is 2.09. The summed E-state index contributed by atoms with van der Waals surface area (Å²) in [5, 5.41) is 2.76. The monoisotopic (exact) mass is 332 g/mol. The van der Waals surface area contributed by atoms with Crippen LogP contribution in [-0.2, 0) is 0 Å². The van der Waals surface area contributed by atoms with E-state index in [0.717, 1.165) is 0 Å². The van der Waals surface area contributed by atoms with Gasteiger partial charge in [0.05, 0.1) is 0 Å². The van der Waals surface area contributed by atoms with Crippen LogP contribution in [0.3, 0.4) is 0 Å². The van der Waals surface area contributed by atoms with E-state index in [1.807, 2.05) is 0 Å². The van der Waals surface area contributed by atoms with E-state index in [4.69, 9.17) is 0 Å². The molecule has 0 saturated heterocycles. The van der Waals surface area contributed by atoms with Crippen LogP contribution in [0, 0.1) is 6.92 Å². The minimum absolute atomic E-state index is 0.482. The second-order valence-electron chi connectivity index (χ2n) is 5.69. The van der Waals surface area contributed by atoms with E-state index in [9.17, 15) is 0 Å². The van der Waals surface area contributed by atoms with Gasteiger partial charge in [0.15, 0.2) is 0 Å². The van der Waals surface area contributed by atoms with Crippen molar-refractivity contribution in [2.24, 2.45) is 0 Å². The molecule has 0 N–H and O–H groups in total. The van der Waals surface area contributed by atoms with Crippen LogP contribution >= 0.6 is 15.9 Å². The van der Waals surface area contributed by atoms with Crippen molar-refractivity contribution in [2.75, 3.05) is 0 Å². The lowest BCUT2D eigenvalue weighted by molar-refractivity contribution is 0.606. The van der Waals surface area contributed by atoms with E-state index in [-0.39, 0.29) is 0 Å². The number of benzene rings is 2. The van der Waals surface area contributed by atoms with Crippen molar-refractivity contribution in [3.8, 4) is 0 Å². The average molecular weight is 333 g/mol.